The van der Waals surface area contributed by atoms with Crippen molar-refractivity contribution in [3.8, 4) is 0 Å². The Bertz CT molecular complexity index is 715. The lowest BCUT2D eigenvalue weighted by Crippen LogP contribution is -2.48. The first-order valence-electron chi connectivity index (χ1n) is 7.35. The van der Waals surface area contributed by atoms with Crippen molar-refractivity contribution in [2.45, 2.75) is 38.8 Å². The maximum Gasteiger partial charge on any atom is 0.325 e. The molecule has 1 saturated heterocycles. The molecule has 1 aliphatic heterocycles. The van der Waals surface area contributed by atoms with Gasteiger partial charge in [-0.15, -0.1) is 0 Å². The zero-order valence-electron chi connectivity index (χ0n) is 13.9. The molecule has 0 bridgehead atoms. The van der Waals surface area contributed by atoms with Crippen LogP contribution in [0.3, 0.4) is 0 Å². The Kier molecular flexibility index (Phi) is 4.84. The van der Waals surface area contributed by atoms with Crippen LogP contribution in [0.25, 0.3) is 0 Å². The molecule has 130 valence electrons. The van der Waals surface area contributed by atoms with Crippen LogP contribution in [0.5, 0.6) is 0 Å². The van der Waals surface area contributed by atoms with Crippen LogP contribution in [-0.2, 0) is 15.1 Å². The number of carbonyl (C=O) groups is 3. The first-order chi connectivity index (χ1) is 10.9. The Labute approximate surface area is 150 Å². The number of nitrogens with one attached hydrogen (secondary N) is 2. The van der Waals surface area contributed by atoms with Crippen LogP contribution in [0.1, 0.15) is 33.3 Å². The average Bonchev–Trinajstić information content (AvgIpc) is 2.61. The first-order valence-corrected chi connectivity index (χ1v) is 8.10. The fourth-order valence-electron chi connectivity index (χ4n) is 2.52. The predicted octanol–water partition coefficient (Wildman–Crippen LogP) is 2.68. The molecule has 0 radical (unpaired) electrons. The lowest BCUT2D eigenvalue weighted by atomic mass is 9.92. The maximum absolute atomic E-state index is 12.7. The molecular weight excluding hydrogens is 353 g/mol. The highest BCUT2D eigenvalue weighted by Crippen LogP contribution is 2.34. The van der Waals surface area contributed by atoms with Gasteiger partial charge in [-0.1, -0.05) is 29.3 Å². The molecule has 0 aromatic heterocycles. The minimum Gasteiger partial charge on any atom is -0.350 e. The van der Waals surface area contributed by atoms with Gasteiger partial charge in [0.15, 0.2) is 0 Å². The summed E-state index contributed by atoms with van der Waals surface area (Å²) in [6, 6.07) is 4.03. The van der Waals surface area contributed by atoms with Gasteiger partial charge in [0.2, 0.25) is 5.91 Å². The van der Waals surface area contributed by atoms with Gasteiger partial charge in [-0.3, -0.25) is 14.5 Å². The van der Waals surface area contributed by atoms with E-state index in [0.29, 0.717) is 10.6 Å². The van der Waals surface area contributed by atoms with E-state index in [4.69, 9.17) is 23.2 Å². The summed E-state index contributed by atoms with van der Waals surface area (Å²) in [5.41, 5.74) is -1.38. The summed E-state index contributed by atoms with van der Waals surface area (Å²) in [5.74, 6) is -0.960. The highest BCUT2D eigenvalue weighted by atomic mass is 35.5. The lowest BCUT2D eigenvalue weighted by Gasteiger charge is -2.24. The normalized spacial score (nSPS) is 21.0. The molecule has 1 fully saturated rings. The van der Waals surface area contributed by atoms with Crippen LogP contribution < -0.4 is 10.6 Å². The van der Waals surface area contributed by atoms with Gasteiger partial charge in [-0.05, 0) is 39.8 Å². The van der Waals surface area contributed by atoms with Gasteiger partial charge in [-0.2, -0.15) is 0 Å². The second-order valence-corrected chi connectivity index (χ2v) is 7.71. The summed E-state index contributed by atoms with van der Waals surface area (Å²) in [5, 5.41) is 6.01. The molecule has 8 heteroatoms. The minimum absolute atomic E-state index is 0.264. The van der Waals surface area contributed by atoms with Gasteiger partial charge in [-0.25, -0.2) is 4.79 Å². The number of benzene rings is 1. The predicted molar refractivity (Wildman–Crippen MR) is 92.0 cm³/mol. The molecule has 0 saturated carbocycles. The Morgan fingerprint density at radius 2 is 1.92 bits per heavy atom. The summed E-state index contributed by atoms with van der Waals surface area (Å²) >= 11 is 12.0. The fraction of sp³-hybridized carbons (Fsp3) is 0.438. The number of rotatable bonds is 3. The monoisotopic (exact) mass is 371 g/mol. The third-order valence-corrected chi connectivity index (χ3v) is 4.11. The topological polar surface area (TPSA) is 78.5 Å². The molecule has 1 aromatic carbocycles. The van der Waals surface area contributed by atoms with Gasteiger partial charge in [0.25, 0.3) is 5.91 Å². The Balaban J connectivity index is 2.26. The van der Waals surface area contributed by atoms with Gasteiger partial charge < -0.3 is 10.6 Å². The molecule has 6 nitrogen and oxygen atoms in total. The van der Waals surface area contributed by atoms with Gasteiger partial charge in [0.05, 0.1) is 0 Å². The van der Waals surface area contributed by atoms with Crippen molar-refractivity contribution >= 4 is 41.0 Å². The van der Waals surface area contributed by atoms with E-state index in [2.05, 4.69) is 10.6 Å². The molecule has 2 N–H and O–H groups in total. The van der Waals surface area contributed by atoms with E-state index < -0.39 is 28.9 Å². The number of nitrogens with zero attached hydrogens (tertiary/aromatic N) is 1. The fourth-order valence-corrected chi connectivity index (χ4v) is 3.12. The second-order valence-electron chi connectivity index (χ2n) is 6.87. The molecule has 1 heterocycles. The van der Waals surface area contributed by atoms with Crippen molar-refractivity contribution in [3.63, 3.8) is 0 Å². The third-order valence-electron chi connectivity index (χ3n) is 3.56. The molecule has 1 unspecified atom stereocenters. The zero-order valence-corrected chi connectivity index (χ0v) is 15.4. The summed E-state index contributed by atoms with van der Waals surface area (Å²) < 4.78 is 0. The second kappa shape index (κ2) is 6.26. The zero-order chi connectivity index (χ0) is 18.3. The van der Waals surface area contributed by atoms with Crippen LogP contribution in [-0.4, -0.2) is 34.8 Å². The number of halogens is 2. The van der Waals surface area contributed by atoms with Crippen molar-refractivity contribution in [2.24, 2.45) is 0 Å². The van der Waals surface area contributed by atoms with E-state index >= 15 is 0 Å². The molecule has 1 aliphatic rings. The summed E-state index contributed by atoms with van der Waals surface area (Å²) in [6.45, 7) is 6.63. The number of urea groups is 1. The standard InChI is InChI=1S/C16H19Cl2N3O3/c1-15(2,3)19-12(22)8-21-13(23)16(4,20-14(21)24)10-6-5-9(17)7-11(10)18/h5-7H,8H2,1-4H3,(H,19,22)(H,20,24). The number of imide groups is 1. The van der Waals surface area contributed by atoms with E-state index in [1.54, 1.807) is 19.1 Å². The lowest BCUT2D eigenvalue weighted by molar-refractivity contribution is -0.135. The summed E-state index contributed by atoms with van der Waals surface area (Å²) in [6.07, 6.45) is 0. The van der Waals surface area contributed by atoms with Crippen LogP contribution in [0, 0.1) is 0 Å². The first kappa shape index (κ1) is 18.5. The van der Waals surface area contributed by atoms with E-state index in [-0.39, 0.29) is 11.6 Å². The minimum atomic E-state index is -1.35. The van der Waals surface area contributed by atoms with E-state index in [1.807, 2.05) is 20.8 Å². The molecule has 1 atom stereocenters. The molecule has 4 amide bonds. The Hall–Kier alpha value is -1.79. The number of hydrogen-bond acceptors (Lipinski definition) is 3. The van der Waals surface area contributed by atoms with Gasteiger partial charge in [0.1, 0.15) is 12.1 Å². The van der Waals surface area contributed by atoms with Crippen LogP contribution in [0.15, 0.2) is 18.2 Å². The summed E-state index contributed by atoms with van der Waals surface area (Å²) in [4.78, 5) is 37.9. The van der Waals surface area contributed by atoms with Crippen molar-refractivity contribution in [1.82, 2.24) is 15.5 Å². The average molecular weight is 372 g/mol. The summed E-state index contributed by atoms with van der Waals surface area (Å²) in [7, 11) is 0. The largest absolute Gasteiger partial charge is 0.350 e. The van der Waals surface area contributed by atoms with E-state index in [1.165, 1.54) is 6.07 Å². The molecule has 0 aliphatic carbocycles. The maximum atomic E-state index is 12.7. The van der Waals surface area contributed by atoms with E-state index in [0.717, 1.165) is 4.90 Å². The van der Waals surface area contributed by atoms with Gasteiger partial charge in [0, 0.05) is 21.1 Å². The molecular formula is C16H19Cl2N3O3. The Morgan fingerprint density at radius 1 is 1.29 bits per heavy atom. The van der Waals surface area contributed by atoms with Crippen LogP contribution in [0.2, 0.25) is 10.0 Å². The van der Waals surface area contributed by atoms with Crippen LogP contribution >= 0.6 is 23.2 Å². The van der Waals surface area contributed by atoms with Crippen molar-refractivity contribution < 1.29 is 14.4 Å². The smallest absolute Gasteiger partial charge is 0.325 e. The highest BCUT2D eigenvalue weighted by molar-refractivity contribution is 6.35. The van der Waals surface area contributed by atoms with Crippen LogP contribution in [0.4, 0.5) is 4.79 Å². The quantitative estimate of drug-likeness (QED) is 0.801. The van der Waals surface area contributed by atoms with Gasteiger partial charge >= 0.3 is 6.03 Å². The van der Waals surface area contributed by atoms with Crippen molar-refractivity contribution in [2.75, 3.05) is 6.54 Å². The van der Waals surface area contributed by atoms with E-state index in [9.17, 15) is 14.4 Å². The number of carbonyl (C=O) groups excluding carboxylic acids is 3. The third kappa shape index (κ3) is 3.65. The number of amides is 4. The molecule has 1 aromatic rings. The SMILES string of the molecule is CC(C)(C)NC(=O)CN1C(=O)NC(C)(c2ccc(Cl)cc2Cl)C1=O. The Morgan fingerprint density at radius 3 is 2.46 bits per heavy atom. The molecule has 2 rings (SSSR count). The molecule has 0 spiro atoms. The highest BCUT2D eigenvalue weighted by Gasteiger charge is 2.50. The number of hydrogen-bond donors (Lipinski definition) is 2. The van der Waals surface area contributed by atoms with Crippen molar-refractivity contribution in [3.05, 3.63) is 33.8 Å². The molecule has 24 heavy (non-hydrogen) atoms. The van der Waals surface area contributed by atoms with Crippen molar-refractivity contribution in [1.29, 1.82) is 0 Å².